The van der Waals surface area contributed by atoms with Gasteiger partial charge in [0.2, 0.25) is 5.56 Å². The fraction of sp³-hybridized carbons (Fsp3) is 0.158. The fourth-order valence-electron chi connectivity index (χ4n) is 2.69. The molecular weight excluding hydrogens is 415 g/mol. The van der Waals surface area contributed by atoms with Crippen molar-refractivity contribution in [2.24, 2.45) is 0 Å². The Bertz CT molecular complexity index is 977. The van der Waals surface area contributed by atoms with Gasteiger partial charge in [-0.3, -0.25) is 9.59 Å². The first-order valence-corrected chi connectivity index (χ1v) is 8.76. The van der Waals surface area contributed by atoms with Gasteiger partial charge >= 0.3 is 0 Å². The van der Waals surface area contributed by atoms with E-state index in [0.717, 1.165) is 20.0 Å². The summed E-state index contributed by atoms with van der Waals surface area (Å²) in [6, 6.07) is 14.6. The van der Waals surface area contributed by atoms with Crippen molar-refractivity contribution in [2.45, 2.75) is 19.8 Å². The van der Waals surface area contributed by atoms with Crippen LogP contribution in [0.25, 0.3) is 10.9 Å². The number of anilines is 1. The topological polar surface area (TPSA) is 62.0 Å². The minimum Gasteiger partial charge on any atom is -0.322 e. The van der Waals surface area contributed by atoms with E-state index in [1.54, 1.807) is 18.2 Å². The van der Waals surface area contributed by atoms with E-state index in [1.807, 2.05) is 30.3 Å². The molecule has 0 saturated carbocycles. The third kappa shape index (κ3) is 3.36. The van der Waals surface area contributed by atoms with Gasteiger partial charge in [0.1, 0.15) is 0 Å². The van der Waals surface area contributed by atoms with E-state index in [2.05, 4.69) is 46.7 Å². The van der Waals surface area contributed by atoms with E-state index >= 15 is 0 Å². The smallest absolute Gasteiger partial charge is 0.256 e. The summed E-state index contributed by atoms with van der Waals surface area (Å²) in [7, 11) is 0. The van der Waals surface area contributed by atoms with E-state index in [1.165, 1.54) is 0 Å². The van der Waals surface area contributed by atoms with Crippen molar-refractivity contribution in [1.29, 1.82) is 0 Å². The first kappa shape index (κ1) is 16.7. The standard InChI is InChI=1S/C19H17IN2O2/c1-11(2)15-10-18(23)22-17-9-12(7-8-13(15)17)21-19(24)14-5-3-4-6-16(14)20/h3-11H,1-2H3,(H,21,24)(H,22,23). The molecule has 5 heteroatoms. The number of amides is 1. The van der Waals surface area contributed by atoms with Crippen LogP contribution in [0.4, 0.5) is 5.69 Å². The second-order valence-electron chi connectivity index (χ2n) is 5.94. The number of halogens is 1. The molecule has 0 aliphatic rings. The highest BCUT2D eigenvalue weighted by atomic mass is 127. The molecule has 0 spiro atoms. The van der Waals surface area contributed by atoms with Crippen LogP contribution in [0.5, 0.6) is 0 Å². The fourth-order valence-corrected chi connectivity index (χ4v) is 3.32. The Morgan fingerprint density at radius 3 is 2.58 bits per heavy atom. The van der Waals surface area contributed by atoms with Gasteiger partial charge in [-0.2, -0.15) is 0 Å². The first-order valence-electron chi connectivity index (χ1n) is 7.68. The molecule has 2 aromatic carbocycles. The summed E-state index contributed by atoms with van der Waals surface area (Å²) in [6.07, 6.45) is 0. The van der Waals surface area contributed by atoms with Crippen molar-refractivity contribution in [3.8, 4) is 0 Å². The molecule has 1 aromatic heterocycles. The highest BCUT2D eigenvalue weighted by Crippen LogP contribution is 2.25. The number of pyridine rings is 1. The second kappa shape index (κ2) is 6.76. The van der Waals surface area contributed by atoms with Gasteiger partial charge in [-0.05, 0) is 58.3 Å². The lowest BCUT2D eigenvalue weighted by Gasteiger charge is -2.12. The van der Waals surface area contributed by atoms with Crippen LogP contribution in [0.2, 0.25) is 0 Å². The number of aromatic nitrogens is 1. The molecule has 0 atom stereocenters. The van der Waals surface area contributed by atoms with Crippen LogP contribution < -0.4 is 10.9 Å². The molecule has 24 heavy (non-hydrogen) atoms. The first-order chi connectivity index (χ1) is 11.5. The molecule has 4 nitrogen and oxygen atoms in total. The minimum absolute atomic E-state index is 0.132. The molecule has 0 bridgehead atoms. The van der Waals surface area contributed by atoms with Gasteiger partial charge in [-0.15, -0.1) is 0 Å². The van der Waals surface area contributed by atoms with Crippen LogP contribution in [-0.4, -0.2) is 10.9 Å². The number of hydrogen-bond donors (Lipinski definition) is 2. The molecule has 0 aliphatic heterocycles. The molecule has 0 unspecified atom stereocenters. The van der Waals surface area contributed by atoms with E-state index < -0.39 is 0 Å². The molecule has 1 amide bonds. The van der Waals surface area contributed by atoms with Crippen molar-refractivity contribution in [3.63, 3.8) is 0 Å². The van der Waals surface area contributed by atoms with Crippen LogP contribution in [0.1, 0.15) is 35.7 Å². The van der Waals surface area contributed by atoms with Crippen LogP contribution >= 0.6 is 22.6 Å². The summed E-state index contributed by atoms with van der Waals surface area (Å²) in [5.74, 6) is 0.0860. The molecule has 0 radical (unpaired) electrons. The van der Waals surface area contributed by atoms with Gasteiger partial charge in [0.25, 0.3) is 5.91 Å². The Balaban J connectivity index is 1.98. The predicted octanol–water partition coefficient (Wildman–Crippen LogP) is 4.51. The second-order valence-corrected chi connectivity index (χ2v) is 7.10. The van der Waals surface area contributed by atoms with Crippen LogP contribution in [-0.2, 0) is 0 Å². The summed E-state index contributed by atoms with van der Waals surface area (Å²) in [5.41, 5.74) is 2.88. The molecule has 0 fully saturated rings. The molecule has 122 valence electrons. The van der Waals surface area contributed by atoms with Crippen LogP contribution in [0.3, 0.4) is 0 Å². The quantitative estimate of drug-likeness (QED) is 0.599. The molecule has 1 heterocycles. The molecule has 0 aliphatic carbocycles. The summed E-state index contributed by atoms with van der Waals surface area (Å²) < 4.78 is 0.892. The SMILES string of the molecule is CC(C)c1cc(=O)[nH]c2cc(NC(=O)c3ccccc3I)ccc12. The predicted molar refractivity (Wildman–Crippen MR) is 106 cm³/mol. The van der Waals surface area contributed by atoms with Crippen molar-refractivity contribution >= 4 is 45.1 Å². The number of aromatic amines is 1. The Morgan fingerprint density at radius 2 is 1.88 bits per heavy atom. The summed E-state index contributed by atoms with van der Waals surface area (Å²) in [4.78, 5) is 27.1. The Hall–Kier alpha value is -2.15. The minimum atomic E-state index is -0.165. The van der Waals surface area contributed by atoms with Crippen molar-refractivity contribution in [3.05, 3.63) is 73.6 Å². The number of nitrogens with one attached hydrogen (secondary N) is 2. The zero-order chi connectivity index (χ0) is 17.3. The largest absolute Gasteiger partial charge is 0.322 e. The molecule has 0 saturated heterocycles. The zero-order valence-electron chi connectivity index (χ0n) is 13.4. The Kier molecular flexibility index (Phi) is 4.71. The average Bonchev–Trinajstić information content (AvgIpc) is 2.54. The number of fused-ring (bicyclic) bond motifs is 1. The number of hydrogen-bond acceptors (Lipinski definition) is 2. The number of carbonyl (C=O) groups is 1. The maximum Gasteiger partial charge on any atom is 0.256 e. The zero-order valence-corrected chi connectivity index (χ0v) is 15.5. The van der Waals surface area contributed by atoms with Gasteiger partial charge in [0, 0.05) is 20.7 Å². The lowest BCUT2D eigenvalue weighted by Crippen LogP contribution is -2.14. The maximum absolute atomic E-state index is 12.4. The van der Waals surface area contributed by atoms with Gasteiger partial charge < -0.3 is 10.3 Å². The number of benzene rings is 2. The number of rotatable bonds is 3. The van der Waals surface area contributed by atoms with Crippen molar-refractivity contribution < 1.29 is 4.79 Å². The summed E-state index contributed by atoms with van der Waals surface area (Å²) in [5, 5.41) is 3.89. The number of H-pyrrole nitrogens is 1. The van der Waals surface area contributed by atoms with Gasteiger partial charge in [0.05, 0.1) is 11.1 Å². The van der Waals surface area contributed by atoms with E-state index in [9.17, 15) is 9.59 Å². The van der Waals surface area contributed by atoms with Crippen LogP contribution in [0.15, 0.2) is 53.3 Å². The molecule has 2 N–H and O–H groups in total. The Labute approximate surface area is 153 Å². The lowest BCUT2D eigenvalue weighted by molar-refractivity contribution is 0.102. The van der Waals surface area contributed by atoms with Gasteiger partial charge in [0.15, 0.2) is 0 Å². The van der Waals surface area contributed by atoms with Crippen molar-refractivity contribution in [1.82, 2.24) is 4.98 Å². The average molecular weight is 432 g/mol. The summed E-state index contributed by atoms with van der Waals surface area (Å²) in [6.45, 7) is 4.11. The third-order valence-electron chi connectivity index (χ3n) is 3.87. The molecule has 3 rings (SSSR count). The van der Waals surface area contributed by atoms with Gasteiger partial charge in [-0.1, -0.05) is 32.0 Å². The number of carbonyl (C=O) groups excluding carboxylic acids is 1. The molecule has 3 aromatic rings. The van der Waals surface area contributed by atoms with Crippen LogP contribution in [0, 0.1) is 3.57 Å². The van der Waals surface area contributed by atoms with Crippen molar-refractivity contribution in [2.75, 3.05) is 5.32 Å². The van der Waals surface area contributed by atoms with E-state index in [-0.39, 0.29) is 17.4 Å². The maximum atomic E-state index is 12.4. The van der Waals surface area contributed by atoms with E-state index in [4.69, 9.17) is 0 Å². The molecular formula is C19H17IN2O2. The van der Waals surface area contributed by atoms with E-state index in [0.29, 0.717) is 11.3 Å². The van der Waals surface area contributed by atoms with Gasteiger partial charge in [-0.25, -0.2) is 0 Å². The summed E-state index contributed by atoms with van der Waals surface area (Å²) >= 11 is 2.14. The normalized spacial score (nSPS) is 11.0. The highest BCUT2D eigenvalue weighted by Gasteiger charge is 2.11. The Morgan fingerprint density at radius 1 is 1.12 bits per heavy atom. The third-order valence-corrected chi connectivity index (χ3v) is 4.81. The monoisotopic (exact) mass is 432 g/mol. The highest BCUT2D eigenvalue weighted by molar-refractivity contribution is 14.1. The lowest BCUT2D eigenvalue weighted by atomic mass is 9.99.